The fraction of sp³-hybridized carbons (Fsp3) is 0.833. The highest BCUT2D eigenvalue weighted by Crippen LogP contribution is 2.71. The fourth-order valence-electron chi connectivity index (χ4n) is 9.23. The summed E-state index contributed by atoms with van der Waals surface area (Å²) in [5.41, 5.74) is -5.72. The molecule has 0 bridgehead atoms. The van der Waals surface area contributed by atoms with Gasteiger partial charge in [0.2, 0.25) is 0 Å². The van der Waals surface area contributed by atoms with E-state index in [1.54, 1.807) is 6.92 Å². The average molecular weight is 597 g/mol. The number of rotatable bonds is 7. The van der Waals surface area contributed by atoms with Gasteiger partial charge in [0, 0.05) is 51.9 Å². The van der Waals surface area contributed by atoms with Crippen LogP contribution >= 0.6 is 0 Å². The van der Waals surface area contributed by atoms with Gasteiger partial charge in [-0.25, -0.2) is 0 Å². The molecule has 4 fully saturated rings. The highest BCUT2D eigenvalue weighted by atomic mass is 16.6. The van der Waals surface area contributed by atoms with Crippen LogP contribution in [0.1, 0.15) is 86.5 Å². The smallest absolute Gasteiger partial charge is 0.309 e. The molecule has 12 heteroatoms. The second kappa shape index (κ2) is 11.4. The lowest BCUT2D eigenvalue weighted by Gasteiger charge is -2.68. The topological polar surface area (TPSA) is 172 Å². The van der Waals surface area contributed by atoms with E-state index in [9.17, 15) is 34.2 Å². The maximum atomic E-state index is 13.1. The molecule has 10 atom stereocenters. The number of carbonyl (C=O) groups excluding carboxylic acids is 5. The lowest BCUT2D eigenvalue weighted by atomic mass is 9.40. The van der Waals surface area contributed by atoms with Crippen molar-refractivity contribution in [1.82, 2.24) is 0 Å². The molecule has 4 aliphatic carbocycles. The Balaban J connectivity index is 1.92. The zero-order chi connectivity index (χ0) is 31.3. The van der Waals surface area contributed by atoms with E-state index in [-0.39, 0.29) is 45.1 Å². The summed E-state index contributed by atoms with van der Waals surface area (Å²) in [6, 6.07) is 0. The summed E-state index contributed by atoms with van der Waals surface area (Å²) in [5.74, 6) is -5.05. The van der Waals surface area contributed by atoms with Crippen LogP contribution in [0.25, 0.3) is 0 Å². The molecule has 0 heterocycles. The molecule has 0 amide bonds. The zero-order valence-electron chi connectivity index (χ0n) is 25.3. The van der Waals surface area contributed by atoms with Crippen molar-refractivity contribution in [3.63, 3.8) is 0 Å². The number of carbonyl (C=O) groups is 5. The summed E-state index contributed by atoms with van der Waals surface area (Å²) in [5, 5.41) is 25.1. The standard InChI is InChI=1S/C30H44O12/c1-7-38-26(35)22-9-11-30(37)21-8-10-28(36)13-20(40-17(3)32)12-24(42-19(5)34)29(28,15-39-16(2)31)25(21)23(41-18(4)33)14-27(22,30)6/h20-25,36-37H,7-15H2,1-6H3/t20-,21-,22+,23-,24+,25-,27-,28+,29-,30+/m1/s1. The van der Waals surface area contributed by atoms with Gasteiger partial charge < -0.3 is 33.9 Å². The molecule has 0 saturated heterocycles. The molecule has 0 spiro atoms. The van der Waals surface area contributed by atoms with Gasteiger partial charge in [0.05, 0.1) is 29.1 Å². The number of fused-ring (bicyclic) bond motifs is 5. The van der Waals surface area contributed by atoms with E-state index in [0.29, 0.717) is 6.42 Å². The lowest BCUT2D eigenvalue weighted by molar-refractivity contribution is -0.320. The van der Waals surface area contributed by atoms with Gasteiger partial charge >= 0.3 is 29.8 Å². The Morgan fingerprint density at radius 1 is 0.810 bits per heavy atom. The van der Waals surface area contributed by atoms with Crippen molar-refractivity contribution in [1.29, 1.82) is 0 Å². The molecule has 236 valence electrons. The Morgan fingerprint density at radius 3 is 2.02 bits per heavy atom. The lowest BCUT2D eigenvalue weighted by Crippen LogP contribution is -2.76. The van der Waals surface area contributed by atoms with Gasteiger partial charge in [-0.2, -0.15) is 0 Å². The Labute approximate surface area is 245 Å². The Kier molecular flexibility index (Phi) is 8.74. The first kappa shape index (κ1) is 32.2. The first-order valence-electron chi connectivity index (χ1n) is 14.8. The number of aliphatic hydroxyl groups is 2. The maximum absolute atomic E-state index is 13.1. The zero-order valence-corrected chi connectivity index (χ0v) is 25.3. The maximum Gasteiger partial charge on any atom is 0.309 e. The molecule has 12 nitrogen and oxygen atoms in total. The van der Waals surface area contributed by atoms with Crippen LogP contribution in [0.2, 0.25) is 0 Å². The van der Waals surface area contributed by atoms with Crippen molar-refractivity contribution in [2.24, 2.45) is 28.6 Å². The molecule has 0 aliphatic heterocycles. The number of esters is 5. The summed E-state index contributed by atoms with van der Waals surface area (Å²) < 4.78 is 28.3. The van der Waals surface area contributed by atoms with Gasteiger partial charge in [0.1, 0.15) is 24.9 Å². The molecule has 4 saturated carbocycles. The van der Waals surface area contributed by atoms with E-state index >= 15 is 0 Å². The SMILES string of the molecule is CCOC(=O)[C@@H]1CC[C@]2(O)[C@@H]3CC[C@]4(O)C[C@H](OC(C)=O)C[C@H](OC(C)=O)[C@]4(COC(C)=O)[C@H]3[C@H](OC(C)=O)C[C@]12C. The summed E-state index contributed by atoms with van der Waals surface area (Å²) >= 11 is 0. The average Bonchev–Trinajstić information content (AvgIpc) is 3.12. The molecule has 4 aliphatic rings. The van der Waals surface area contributed by atoms with Crippen LogP contribution in [0.4, 0.5) is 0 Å². The monoisotopic (exact) mass is 596 g/mol. The van der Waals surface area contributed by atoms with Gasteiger partial charge in [0.15, 0.2) is 0 Å². The van der Waals surface area contributed by atoms with E-state index in [2.05, 4.69) is 0 Å². The molecular weight excluding hydrogens is 552 g/mol. The van der Waals surface area contributed by atoms with Gasteiger partial charge in [-0.05, 0) is 44.9 Å². The Hall–Kier alpha value is -2.73. The van der Waals surface area contributed by atoms with Crippen LogP contribution in [0.15, 0.2) is 0 Å². The van der Waals surface area contributed by atoms with Crippen molar-refractivity contribution < 1.29 is 57.9 Å². The summed E-state index contributed by atoms with van der Waals surface area (Å²) in [7, 11) is 0. The van der Waals surface area contributed by atoms with Crippen LogP contribution in [0.5, 0.6) is 0 Å². The van der Waals surface area contributed by atoms with Crippen LogP contribution in [0.3, 0.4) is 0 Å². The van der Waals surface area contributed by atoms with Crippen molar-refractivity contribution in [2.75, 3.05) is 13.2 Å². The highest BCUT2D eigenvalue weighted by Gasteiger charge is 2.77. The van der Waals surface area contributed by atoms with Gasteiger partial charge in [-0.3, -0.25) is 24.0 Å². The molecule has 0 unspecified atom stereocenters. The third kappa shape index (κ3) is 5.08. The predicted molar refractivity (Wildman–Crippen MR) is 143 cm³/mol. The van der Waals surface area contributed by atoms with Gasteiger partial charge in [-0.15, -0.1) is 0 Å². The van der Waals surface area contributed by atoms with Crippen LogP contribution in [0, 0.1) is 28.6 Å². The number of hydrogen-bond acceptors (Lipinski definition) is 12. The minimum Gasteiger partial charge on any atom is -0.466 e. The fourth-order valence-corrected chi connectivity index (χ4v) is 9.23. The van der Waals surface area contributed by atoms with Crippen molar-refractivity contribution in [3.8, 4) is 0 Å². The molecule has 0 aromatic rings. The Morgan fingerprint density at radius 2 is 1.45 bits per heavy atom. The van der Waals surface area contributed by atoms with E-state index in [0.717, 1.165) is 0 Å². The number of ether oxygens (including phenoxy) is 5. The van der Waals surface area contributed by atoms with Crippen LogP contribution in [-0.2, 0) is 47.7 Å². The molecule has 0 aromatic heterocycles. The third-order valence-corrected chi connectivity index (χ3v) is 10.6. The van der Waals surface area contributed by atoms with Crippen LogP contribution < -0.4 is 0 Å². The Bertz CT molecular complexity index is 1120. The molecule has 4 rings (SSSR count). The highest BCUT2D eigenvalue weighted by molar-refractivity contribution is 5.74. The molecule has 0 aromatic carbocycles. The van der Waals surface area contributed by atoms with Gasteiger partial charge in [-0.1, -0.05) is 6.92 Å². The van der Waals surface area contributed by atoms with Gasteiger partial charge in [0.25, 0.3) is 0 Å². The largest absolute Gasteiger partial charge is 0.466 e. The van der Waals surface area contributed by atoms with Crippen molar-refractivity contribution in [3.05, 3.63) is 0 Å². The number of hydrogen-bond donors (Lipinski definition) is 2. The minimum absolute atomic E-state index is 0.000106. The first-order valence-corrected chi connectivity index (χ1v) is 14.8. The third-order valence-electron chi connectivity index (χ3n) is 10.6. The predicted octanol–water partition coefficient (Wildman–Crippen LogP) is 2.00. The molecular formula is C30H44O12. The minimum atomic E-state index is -1.70. The summed E-state index contributed by atoms with van der Waals surface area (Å²) in [4.78, 5) is 62.3. The van der Waals surface area contributed by atoms with Crippen LogP contribution in [-0.4, -0.2) is 82.8 Å². The molecule has 2 N–H and O–H groups in total. The quantitative estimate of drug-likeness (QED) is 0.324. The van der Waals surface area contributed by atoms with Crippen molar-refractivity contribution >= 4 is 29.8 Å². The normalized spacial score (nSPS) is 42.2. The van der Waals surface area contributed by atoms with E-state index in [1.807, 2.05) is 6.92 Å². The van der Waals surface area contributed by atoms with E-state index in [1.165, 1.54) is 27.7 Å². The van der Waals surface area contributed by atoms with E-state index < -0.39 is 94.6 Å². The second-order valence-electron chi connectivity index (χ2n) is 12.8. The van der Waals surface area contributed by atoms with Crippen molar-refractivity contribution in [2.45, 2.75) is 116 Å². The second-order valence-corrected chi connectivity index (χ2v) is 12.8. The molecule has 42 heavy (non-hydrogen) atoms. The van der Waals surface area contributed by atoms with E-state index in [4.69, 9.17) is 23.7 Å². The summed E-state index contributed by atoms with van der Waals surface area (Å²) in [6.07, 6.45) is -1.89. The first-order chi connectivity index (χ1) is 19.5. The molecule has 0 radical (unpaired) electrons. The summed E-state index contributed by atoms with van der Waals surface area (Å²) in [6.45, 7) is 8.24.